The first-order valence-electron chi connectivity index (χ1n) is 10.5. The van der Waals surface area contributed by atoms with E-state index in [0.717, 1.165) is 27.8 Å². The minimum atomic E-state index is -0.764. The second-order valence-electron chi connectivity index (χ2n) is 7.76. The minimum Gasteiger partial charge on any atom is -0.467 e. The average Bonchev–Trinajstić information content (AvgIpc) is 3.14. The van der Waals surface area contributed by atoms with E-state index in [1.54, 1.807) is 4.68 Å². The van der Waals surface area contributed by atoms with E-state index in [4.69, 9.17) is 14.6 Å². The third kappa shape index (κ3) is 4.38. The van der Waals surface area contributed by atoms with Crippen molar-refractivity contribution < 1.29 is 14.3 Å². The van der Waals surface area contributed by atoms with Crippen molar-refractivity contribution in [1.29, 1.82) is 0 Å². The van der Waals surface area contributed by atoms with Crippen molar-refractivity contribution >= 4 is 17.0 Å². The first kappa shape index (κ1) is 21.6. The maximum Gasteiger partial charge on any atom is 0.335 e. The lowest BCUT2D eigenvalue weighted by Crippen LogP contribution is -2.23. The van der Waals surface area contributed by atoms with Crippen LogP contribution in [0.2, 0.25) is 0 Å². The highest BCUT2D eigenvalue weighted by atomic mass is 16.5. The standard InChI is InChI=1S/C25H26N4O3/c1-16-10-12-20(13-11-16)23(25(30)31-4)29-24-22(17(2)26-18(3)27-24)21(28-29)15-32-14-19-8-6-5-7-9-19/h5-13,23H,14-15H2,1-4H3. The molecule has 0 spiro atoms. The second-order valence-corrected chi connectivity index (χ2v) is 7.76. The molecule has 4 rings (SSSR count). The Morgan fingerprint density at radius 3 is 2.38 bits per heavy atom. The predicted octanol–water partition coefficient (Wildman–Crippen LogP) is 4.23. The molecule has 0 aliphatic carbocycles. The lowest BCUT2D eigenvalue weighted by Gasteiger charge is -2.16. The van der Waals surface area contributed by atoms with Gasteiger partial charge in [-0.3, -0.25) is 0 Å². The zero-order valence-electron chi connectivity index (χ0n) is 18.7. The zero-order chi connectivity index (χ0) is 22.7. The van der Waals surface area contributed by atoms with Crippen LogP contribution < -0.4 is 0 Å². The molecule has 0 radical (unpaired) electrons. The van der Waals surface area contributed by atoms with Crippen LogP contribution >= 0.6 is 0 Å². The SMILES string of the molecule is COC(=O)C(c1ccc(C)cc1)n1nc(COCc2ccccc2)c2c(C)nc(C)nc21. The van der Waals surface area contributed by atoms with Crippen LogP contribution in [-0.4, -0.2) is 32.8 Å². The average molecular weight is 431 g/mol. The molecule has 7 heteroatoms. The third-order valence-corrected chi connectivity index (χ3v) is 5.33. The largest absolute Gasteiger partial charge is 0.467 e. The minimum absolute atomic E-state index is 0.271. The first-order chi connectivity index (χ1) is 15.5. The van der Waals surface area contributed by atoms with Crippen molar-refractivity contribution in [2.45, 2.75) is 40.0 Å². The molecule has 0 aliphatic rings. The molecule has 0 saturated carbocycles. The molecule has 0 amide bonds. The molecule has 32 heavy (non-hydrogen) atoms. The molecule has 2 aromatic carbocycles. The predicted molar refractivity (Wildman–Crippen MR) is 121 cm³/mol. The van der Waals surface area contributed by atoms with Crippen molar-refractivity contribution in [3.05, 3.63) is 88.5 Å². The van der Waals surface area contributed by atoms with Crippen molar-refractivity contribution in [2.75, 3.05) is 7.11 Å². The van der Waals surface area contributed by atoms with E-state index in [1.807, 2.05) is 75.4 Å². The third-order valence-electron chi connectivity index (χ3n) is 5.33. The van der Waals surface area contributed by atoms with Gasteiger partial charge in [0.1, 0.15) is 5.82 Å². The highest BCUT2D eigenvalue weighted by Crippen LogP contribution is 2.28. The van der Waals surface area contributed by atoms with Crippen molar-refractivity contribution in [3.63, 3.8) is 0 Å². The number of carbonyl (C=O) groups excluding carboxylic acids is 1. The van der Waals surface area contributed by atoms with E-state index >= 15 is 0 Å². The van der Waals surface area contributed by atoms with Gasteiger partial charge in [0.15, 0.2) is 11.7 Å². The van der Waals surface area contributed by atoms with Gasteiger partial charge >= 0.3 is 5.97 Å². The maximum absolute atomic E-state index is 12.9. The van der Waals surface area contributed by atoms with Gasteiger partial charge in [-0.05, 0) is 31.9 Å². The van der Waals surface area contributed by atoms with Gasteiger partial charge in [0.25, 0.3) is 0 Å². The molecule has 1 unspecified atom stereocenters. The molecule has 4 aromatic rings. The molecule has 1 atom stereocenters. The number of ether oxygens (including phenoxy) is 2. The summed E-state index contributed by atoms with van der Waals surface area (Å²) in [6.45, 7) is 6.48. The summed E-state index contributed by atoms with van der Waals surface area (Å²) < 4.78 is 12.7. The van der Waals surface area contributed by atoms with Gasteiger partial charge in [-0.2, -0.15) is 5.10 Å². The van der Waals surface area contributed by atoms with Crippen LogP contribution in [0.1, 0.15) is 39.9 Å². The number of nitrogens with zero attached hydrogens (tertiary/aromatic N) is 4. The molecule has 164 valence electrons. The summed E-state index contributed by atoms with van der Waals surface area (Å²) in [7, 11) is 1.38. The number of hydrogen-bond donors (Lipinski definition) is 0. The molecular formula is C25H26N4O3. The lowest BCUT2D eigenvalue weighted by molar-refractivity contribution is -0.143. The van der Waals surface area contributed by atoms with Crippen LogP contribution in [0, 0.1) is 20.8 Å². The number of esters is 1. The summed E-state index contributed by atoms with van der Waals surface area (Å²) in [5.74, 6) is 0.198. The molecule has 2 heterocycles. The molecule has 7 nitrogen and oxygen atoms in total. The molecule has 0 N–H and O–H groups in total. The van der Waals surface area contributed by atoms with Crippen molar-refractivity contribution in [1.82, 2.24) is 19.7 Å². The fraction of sp³-hybridized carbons (Fsp3) is 0.280. The van der Waals surface area contributed by atoms with Gasteiger partial charge < -0.3 is 9.47 Å². The first-order valence-corrected chi connectivity index (χ1v) is 10.5. The van der Waals surface area contributed by atoms with Gasteiger partial charge in [0.05, 0.1) is 37.1 Å². The number of aryl methyl sites for hydroxylation is 3. The Morgan fingerprint density at radius 1 is 0.969 bits per heavy atom. The van der Waals surface area contributed by atoms with Gasteiger partial charge in [0, 0.05) is 0 Å². The fourth-order valence-electron chi connectivity index (χ4n) is 3.78. The number of benzene rings is 2. The molecule has 2 aromatic heterocycles. The van der Waals surface area contributed by atoms with E-state index in [0.29, 0.717) is 23.8 Å². The summed E-state index contributed by atoms with van der Waals surface area (Å²) >= 11 is 0. The molecular weight excluding hydrogens is 404 g/mol. The van der Waals surface area contributed by atoms with E-state index < -0.39 is 12.0 Å². The fourth-order valence-corrected chi connectivity index (χ4v) is 3.78. The number of rotatable bonds is 7. The van der Waals surface area contributed by atoms with Crippen LogP contribution in [0.15, 0.2) is 54.6 Å². The summed E-state index contributed by atoms with van der Waals surface area (Å²) in [5, 5.41) is 5.57. The Morgan fingerprint density at radius 2 is 1.69 bits per heavy atom. The van der Waals surface area contributed by atoms with E-state index in [1.165, 1.54) is 7.11 Å². The number of fused-ring (bicyclic) bond motifs is 1. The van der Waals surface area contributed by atoms with Crippen LogP contribution in [-0.2, 0) is 27.5 Å². The number of hydrogen-bond acceptors (Lipinski definition) is 6. The Hall–Kier alpha value is -3.58. The van der Waals surface area contributed by atoms with Crippen molar-refractivity contribution in [3.8, 4) is 0 Å². The number of aromatic nitrogens is 4. The smallest absolute Gasteiger partial charge is 0.335 e. The molecule has 0 fully saturated rings. The normalized spacial score (nSPS) is 12.1. The van der Waals surface area contributed by atoms with Crippen molar-refractivity contribution in [2.24, 2.45) is 0 Å². The Bertz CT molecular complexity index is 1230. The van der Waals surface area contributed by atoms with Crippen LogP contribution in [0.25, 0.3) is 11.0 Å². The van der Waals surface area contributed by atoms with Gasteiger partial charge in [-0.1, -0.05) is 60.2 Å². The quantitative estimate of drug-likeness (QED) is 0.408. The summed E-state index contributed by atoms with van der Waals surface area (Å²) in [6.07, 6.45) is 0. The van der Waals surface area contributed by atoms with E-state index in [2.05, 4.69) is 9.97 Å². The molecule has 0 bridgehead atoms. The van der Waals surface area contributed by atoms with E-state index in [-0.39, 0.29) is 6.61 Å². The maximum atomic E-state index is 12.9. The number of carbonyl (C=O) groups is 1. The Kier molecular flexibility index (Phi) is 6.28. The van der Waals surface area contributed by atoms with Gasteiger partial charge in [0.2, 0.25) is 0 Å². The summed E-state index contributed by atoms with van der Waals surface area (Å²) in [6, 6.07) is 16.9. The highest BCUT2D eigenvalue weighted by Gasteiger charge is 2.29. The highest BCUT2D eigenvalue weighted by molar-refractivity contribution is 5.85. The Balaban J connectivity index is 1.77. The van der Waals surface area contributed by atoms with Gasteiger partial charge in [-0.25, -0.2) is 19.4 Å². The van der Waals surface area contributed by atoms with E-state index in [9.17, 15) is 4.79 Å². The second kappa shape index (κ2) is 9.28. The monoisotopic (exact) mass is 430 g/mol. The van der Waals surface area contributed by atoms with Gasteiger partial charge in [-0.15, -0.1) is 0 Å². The van der Waals surface area contributed by atoms with Crippen LogP contribution in [0.3, 0.4) is 0 Å². The van der Waals surface area contributed by atoms with Crippen LogP contribution in [0.4, 0.5) is 0 Å². The molecule has 0 saturated heterocycles. The summed E-state index contributed by atoms with van der Waals surface area (Å²) in [5.41, 5.74) is 5.03. The molecule has 0 aliphatic heterocycles. The zero-order valence-corrected chi connectivity index (χ0v) is 18.7. The lowest BCUT2D eigenvalue weighted by atomic mass is 10.1. The number of methoxy groups -OCH3 is 1. The summed E-state index contributed by atoms with van der Waals surface area (Å²) in [4.78, 5) is 22.0. The topological polar surface area (TPSA) is 79.1 Å². The van der Waals surface area contributed by atoms with Crippen LogP contribution in [0.5, 0.6) is 0 Å². The Labute approximate surface area is 187 Å².